The smallest absolute Gasteiger partial charge is 0.00204 e. The van der Waals surface area contributed by atoms with Crippen LogP contribution in [0, 0.1) is 0 Å². The van der Waals surface area contributed by atoms with Crippen molar-refractivity contribution in [3.05, 3.63) is 158 Å². The second-order valence-electron chi connectivity index (χ2n) is 10.5. The second kappa shape index (κ2) is 9.22. The molecule has 0 atom stereocenters. The van der Waals surface area contributed by atoms with Gasteiger partial charge in [0.05, 0.1) is 0 Å². The topological polar surface area (TPSA) is 0 Å². The summed E-state index contributed by atoms with van der Waals surface area (Å²) in [6, 6.07) is 57.6. The van der Waals surface area contributed by atoms with Crippen LogP contribution in [0.4, 0.5) is 0 Å². The maximum atomic E-state index is 2.36. The Morgan fingerprint density at radius 2 is 0.825 bits per heavy atom. The van der Waals surface area contributed by atoms with Gasteiger partial charge in [0.1, 0.15) is 0 Å². The Labute approximate surface area is 233 Å². The summed E-state index contributed by atoms with van der Waals surface area (Å²) in [6.45, 7) is 0. The first-order chi connectivity index (χ1) is 19.8. The summed E-state index contributed by atoms with van der Waals surface area (Å²) in [7, 11) is 0. The molecular formula is C40H26. The third-order valence-corrected chi connectivity index (χ3v) is 8.24. The van der Waals surface area contributed by atoms with E-state index < -0.39 is 0 Å². The molecule has 0 heterocycles. The van der Waals surface area contributed by atoms with Gasteiger partial charge in [0.25, 0.3) is 0 Å². The van der Waals surface area contributed by atoms with Crippen LogP contribution >= 0.6 is 0 Å². The van der Waals surface area contributed by atoms with E-state index in [1.54, 1.807) is 0 Å². The largest absolute Gasteiger partial charge is 0.0616 e. The van der Waals surface area contributed by atoms with Gasteiger partial charge in [0.15, 0.2) is 0 Å². The number of rotatable bonds is 3. The fraction of sp³-hybridized carbons (Fsp3) is 0. The van der Waals surface area contributed by atoms with Crippen LogP contribution in [0.1, 0.15) is 0 Å². The van der Waals surface area contributed by atoms with E-state index >= 15 is 0 Å². The molecule has 0 saturated carbocycles. The van der Waals surface area contributed by atoms with E-state index in [4.69, 9.17) is 0 Å². The highest BCUT2D eigenvalue weighted by Crippen LogP contribution is 2.42. The van der Waals surface area contributed by atoms with Gasteiger partial charge in [-0.25, -0.2) is 0 Å². The molecule has 8 rings (SSSR count). The Morgan fingerprint density at radius 1 is 0.250 bits per heavy atom. The van der Waals surface area contributed by atoms with Gasteiger partial charge in [-0.2, -0.15) is 0 Å². The van der Waals surface area contributed by atoms with Gasteiger partial charge in [-0.15, -0.1) is 0 Å². The predicted octanol–water partition coefficient (Wildman–Crippen LogP) is 11.3. The lowest BCUT2D eigenvalue weighted by atomic mass is 9.87. The minimum absolute atomic E-state index is 1.23. The number of hydrogen-bond acceptors (Lipinski definition) is 0. The molecule has 0 amide bonds. The first kappa shape index (κ1) is 22.8. The molecule has 0 spiro atoms. The van der Waals surface area contributed by atoms with E-state index in [0.717, 1.165) is 0 Å². The van der Waals surface area contributed by atoms with Crippen molar-refractivity contribution in [2.75, 3.05) is 0 Å². The van der Waals surface area contributed by atoms with Crippen molar-refractivity contribution < 1.29 is 0 Å². The third-order valence-electron chi connectivity index (χ3n) is 8.24. The number of hydrogen-bond donors (Lipinski definition) is 0. The molecular weight excluding hydrogens is 480 g/mol. The molecule has 0 unspecified atom stereocenters. The van der Waals surface area contributed by atoms with Crippen molar-refractivity contribution in [3.63, 3.8) is 0 Å². The van der Waals surface area contributed by atoms with Gasteiger partial charge in [-0.1, -0.05) is 146 Å². The summed E-state index contributed by atoms with van der Waals surface area (Å²) >= 11 is 0. The van der Waals surface area contributed by atoms with Crippen LogP contribution in [0.15, 0.2) is 158 Å². The van der Waals surface area contributed by atoms with Crippen LogP contribution in [0.25, 0.3) is 76.5 Å². The van der Waals surface area contributed by atoms with Gasteiger partial charge >= 0.3 is 0 Å². The molecule has 0 N–H and O–H groups in total. The first-order valence-corrected chi connectivity index (χ1v) is 13.9. The minimum Gasteiger partial charge on any atom is -0.0616 e. The van der Waals surface area contributed by atoms with Gasteiger partial charge in [0, 0.05) is 0 Å². The van der Waals surface area contributed by atoms with E-state index in [2.05, 4.69) is 158 Å². The Kier molecular flexibility index (Phi) is 5.24. The monoisotopic (exact) mass is 506 g/mol. The average Bonchev–Trinajstić information content (AvgIpc) is 3.03. The molecule has 40 heavy (non-hydrogen) atoms. The third kappa shape index (κ3) is 3.69. The van der Waals surface area contributed by atoms with Crippen LogP contribution < -0.4 is 0 Å². The predicted molar refractivity (Wildman–Crippen MR) is 173 cm³/mol. The van der Waals surface area contributed by atoms with Gasteiger partial charge in [-0.05, 0) is 88.6 Å². The summed E-state index contributed by atoms with van der Waals surface area (Å²) in [5, 5.41) is 10.2. The zero-order chi connectivity index (χ0) is 26.5. The van der Waals surface area contributed by atoms with Gasteiger partial charge < -0.3 is 0 Å². The van der Waals surface area contributed by atoms with Gasteiger partial charge in [0.2, 0.25) is 0 Å². The fourth-order valence-electron chi connectivity index (χ4n) is 6.29. The molecule has 0 aliphatic carbocycles. The second-order valence-corrected chi connectivity index (χ2v) is 10.5. The van der Waals surface area contributed by atoms with Crippen LogP contribution in [-0.4, -0.2) is 0 Å². The van der Waals surface area contributed by atoms with Crippen molar-refractivity contribution in [3.8, 4) is 33.4 Å². The maximum absolute atomic E-state index is 2.36. The molecule has 0 aliphatic rings. The molecule has 0 heteroatoms. The zero-order valence-electron chi connectivity index (χ0n) is 22.0. The summed E-state index contributed by atoms with van der Waals surface area (Å²) in [4.78, 5) is 0. The number of benzene rings is 8. The van der Waals surface area contributed by atoms with E-state index in [9.17, 15) is 0 Å². The molecule has 0 saturated heterocycles. The normalized spacial score (nSPS) is 11.5. The van der Waals surface area contributed by atoms with Crippen molar-refractivity contribution in [1.29, 1.82) is 0 Å². The maximum Gasteiger partial charge on any atom is -0.00204 e. The van der Waals surface area contributed by atoms with E-state index in [1.807, 2.05) is 0 Å². The molecule has 186 valence electrons. The lowest BCUT2D eigenvalue weighted by Crippen LogP contribution is -1.89. The summed E-state index contributed by atoms with van der Waals surface area (Å²) in [5.74, 6) is 0. The van der Waals surface area contributed by atoms with E-state index in [-0.39, 0.29) is 0 Å². The quantitative estimate of drug-likeness (QED) is 0.209. The standard InChI is InChI=1S/C40H26/c1-2-11-31-25-32(24-21-27(31)9-1)28-19-22-30(23-20-28)39-26-33-12-4-6-15-35(33)40-37(17-8-18-38(39)40)36-16-7-13-29-10-3-5-14-34(29)36/h1-26H. The molecule has 0 nitrogen and oxygen atoms in total. The molecule has 0 fully saturated rings. The van der Waals surface area contributed by atoms with E-state index in [0.29, 0.717) is 0 Å². The molecule has 8 aromatic rings. The summed E-state index contributed by atoms with van der Waals surface area (Å²) < 4.78 is 0. The molecule has 0 bridgehead atoms. The van der Waals surface area contributed by atoms with Crippen LogP contribution in [-0.2, 0) is 0 Å². The number of fused-ring (bicyclic) bond motifs is 5. The highest BCUT2D eigenvalue weighted by Gasteiger charge is 2.14. The van der Waals surface area contributed by atoms with Crippen LogP contribution in [0.5, 0.6) is 0 Å². The highest BCUT2D eigenvalue weighted by molar-refractivity contribution is 6.20. The SMILES string of the molecule is c1ccc2cc(-c3ccc(-c4cc5ccccc5c5c(-c6cccc7ccccc67)cccc45)cc3)ccc2c1. The van der Waals surface area contributed by atoms with Crippen LogP contribution in [0.2, 0.25) is 0 Å². The molecule has 0 aromatic heterocycles. The van der Waals surface area contributed by atoms with Gasteiger partial charge in [-0.3, -0.25) is 0 Å². The lowest BCUT2D eigenvalue weighted by Gasteiger charge is -2.16. The molecule has 8 aromatic carbocycles. The Hall–Kier alpha value is -5.20. The lowest BCUT2D eigenvalue weighted by molar-refractivity contribution is 1.62. The van der Waals surface area contributed by atoms with Crippen molar-refractivity contribution in [1.82, 2.24) is 0 Å². The first-order valence-electron chi connectivity index (χ1n) is 13.9. The Balaban J connectivity index is 1.34. The van der Waals surface area contributed by atoms with Crippen molar-refractivity contribution in [2.24, 2.45) is 0 Å². The summed E-state index contributed by atoms with van der Waals surface area (Å²) in [6.07, 6.45) is 0. The van der Waals surface area contributed by atoms with Crippen LogP contribution in [0.3, 0.4) is 0 Å². The van der Waals surface area contributed by atoms with Crippen molar-refractivity contribution >= 4 is 43.1 Å². The minimum atomic E-state index is 1.23. The molecule has 0 aliphatic heterocycles. The zero-order valence-corrected chi connectivity index (χ0v) is 22.0. The highest BCUT2D eigenvalue weighted by atomic mass is 14.2. The average molecular weight is 507 g/mol. The van der Waals surface area contributed by atoms with Crippen molar-refractivity contribution in [2.45, 2.75) is 0 Å². The van der Waals surface area contributed by atoms with E-state index in [1.165, 1.54) is 76.5 Å². The Morgan fingerprint density at radius 3 is 1.68 bits per heavy atom. The Bertz CT molecular complexity index is 2190. The molecule has 0 radical (unpaired) electrons. The summed E-state index contributed by atoms with van der Waals surface area (Å²) in [5.41, 5.74) is 7.52. The fourth-order valence-corrected chi connectivity index (χ4v) is 6.29.